The van der Waals surface area contributed by atoms with Crippen LogP contribution in [0.2, 0.25) is 0 Å². The highest BCUT2D eigenvalue weighted by molar-refractivity contribution is 5.78. The summed E-state index contributed by atoms with van der Waals surface area (Å²) in [5, 5.41) is 0. The van der Waals surface area contributed by atoms with E-state index in [2.05, 4.69) is 43.9 Å². The first kappa shape index (κ1) is 30.9. The fourth-order valence-electron chi connectivity index (χ4n) is 5.96. The number of carbonyl (C=O) groups excluding carboxylic acids is 2. The van der Waals surface area contributed by atoms with E-state index in [9.17, 15) is 9.18 Å². The first-order chi connectivity index (χ1) is 20.1. The maximum atomic E-state index is 13.0. The van der Waals surface area contributed by atoms with Crippen LogP contribution in [-0.4, -0.2) is 104 Å². The standard InChI is InChI=1S/C32H43FN4O2.CH2O/c33-29-12-8-28(9-13-29)26-39-31-14-10-27(11-15-31)5-4-16-34-17-19-35(20-18-34)25-32(38)37-23-21-36(22-24-37)30-6-2-1-3-7-30;1-2/h4-5,8-15,30H,1-3,6-7,16-26H2;1H2/b5-4+;. The molecule has 2 aromatic carbocycles. The van der Waals surface area contributed by atoms with Crippen molar-refractivity contribution in [2.45, 2.75) is 44.8 Å². The quantitative estimate of drug-likeness (QED) is 0.452. The Labute approximate surface area is 244 Å². The predicted molar refractivity (Wildman–Crippen MR) is 161 cm³/mol. The van der Waals surface area contributed by atoms with Gasteiger partial charge in [0.05, 0.1) is 6.54 Å². The van der Waals surface area contributed by atoms with Gasteiger partial charge in [-0.3, -0.25) is 19.5 Å². The Kier molecular flexibility index (Phi) is 12.3. The highest BCUT2D eigenvalue weighted by atomic mass is 19.1. The van der Waals surface area contributed by atoms with Crippen molar-refractivity contribution < 1.29 is 18.7 Å². The van der Waals surface area contributed by atoms with Crippen molar-refractivity contribution >= 4 is 18.8 Å². The van der Waals surface area contributed by atoms with E-state index in [1.54, 1.807) is 12.1 Å². The van der Waals surface area contributed by atoms with Crippen molar-refractivity contribution in [1.82, 2.24) is 19.6 Å². The third kappa shape index (κ3) is 9.76. The summed E-state index contributed by atoms with van der Waals surface area (Å²) in [5.74, 6) is 0.866. The molecule has 0 unspecified atom stereocenters. The number of amides is 1. The Hall–Kier alpha value is -3.07. The third-order valence-corrected chi connectivity index (χ3v) is 8.45. The first-order valence-corrected chi connectivity index (χ1v) is 15.0. The molecule has 8 heteroatoms. The molecule has 7 nitrogen and oxygen atoms in total. The van der Waals surface area contributed by atoms with E-state index in [-0.39, 0.29) is 5.82 Å². The molecule has 0 bridgehead atoms. The van der Waals surface area contributed by atoms with Crippen molar-refractivity contribution in [2.75, 3.05) is 65.4 Å². The highest BCUT2D eigenvalue weighted by Crippen LogP contribution is 2.23. The number of hydrogen-bond acceptors (Lipinski definition) is 6. The average Bonchev–Trinajstić information content (AvgIpc) is 3.04. The van der Waals surface area contributed by atoms with Gasteiger partial charge >= 0.3 is 0 Å². The molecule has 0 aromatic heterocycles. The van der Waals surface area contributed by atoms with Gasteiger partial charge in [0.1, 0.15) is 25.0 Å². The fourth-order valence-corrected chi connectivity index (χ4v) is 5.96. The number of rotatable bonds is 9. The lowest BCUT2D eigenvalue weighted by Crippen LogP contribution is -2.55. The van der Waals surface area contributed by atoms with Gasteiger partial charge < -0.3 is 14.4 Å². The van der Waals surface area contributed by atoms with Crippen molar-refractivity contribution in [2.24, 2.45) is 0 Å². The summed E-state index contributed by atoms with van der Waals surface area (Å²) >= 11 is 0. The number of carbonyl (C=O) groups is 2. The molecule has 1 aliphatic carbocycles. The molecule has 2 aromatic rings. The molecule has 2 aliphatic heterocycles. The summed E-state index contributed by atoms with van der Waals surface area (Å²) in [4.78, 5) is 30.4. The minimum Gasteiger partial charge on any atom is -0.489 e. The van der Waals surface area contributed by atoms with Crippen LogP contribution in [0.5, 0.6) is 5.75 Å². The summed E-state index contributed by atoms with van der Waals surface area (Å²) in [6, 6.07) is 15.2. The molecular weight excluding hydrogens is 519 g/mol. The summed E-state index contributed by atoms with van der Waals surface area (Å²) in [6.07, 6.45) is 11.2. The lowest BCUT2D eigenvalue weighted by atomic mass is 9.94. The van der Waals surface area contributed by atoms with E-state index in [0.717, 1.165) is 81.8 Å². The number of nitrogens with zero attached hydrogens (tertiary/aromatic N) is 4. The van der Waals surface area contributed by atoms with Crippen LogP contribution in [0.15, 0.2) is 54.6 Å². The largest absolute Gasteiger partial charge is 0.489 e. The van der Waals surface area contributed by atoms with Crippen molar-refractivity contribution in [1.29, 1.82) is 0 Å². The first-order valence-electron chi connectivity index (χ1n) is 15.0. The predicted octanol–water partition coefficient (Wildman–Crippen LogP) is 4.33. The lowest BCUT2D eigenvalue weighted by Gasteiger charge is -2.41. The van der Waals surface area contributed by atoms with Gasteiger partial charge in [-0.2, -0.15) is 0 Å². The van der Waals surface area contributed by atoms with Gasteiger partial charge in [0, 0.05) is 64.9 Å². The molecule has 0 radical (unpaired) electrons. The molecule has 0 N–H and O–H groups in total. The van der Waals surface area contributed by atoms with Crippen molar-refractivity contribution in [3.05, 3.63) is 71.6 Å². The van der Waals surface area contributed by atoms with Crippen LogP contribution in [-0.2, 0) is 16.2 Å². The summed E-state index contributed by atoms with van der Waals surface area (Å²) < 4.78 is 18.8. The molecule has 41 heavy (non-hydrogen) atoms. The molecule has 3 fully saturated rings. The molecule has 222 valence electrons. The van der Waals surface area contributed by atoms with Crippen LogP contribution < -0.4 is 4.74 Å². The van der Waals surface area contributed by atoms with E-state index in [4.69, 9.17) is 9.53 Å². The van der Waals surface area contributed by atoms with Gasteiger partial charge in [0.25, 0.3) is 0 Å². The Balaban J connectivity index is 0.00000189. The van der Waals surface area contributed by atoms with Gasteiger partial charge in [0.2, 0.25) is 5.91 Å². The zero-order valence-corrected chi connectivity index (χ0v) is 24.3. The van der Waals surface area contributed by atoms with Crippen molar-refractivity contribution in [3.8, 4) is 5.75 Å². The zero-order chi connectivity index (χ0) is 28.9. The van der Waals surface area contributed by atoms with Gasteiger partial charge in [-0.15, -0.1) is 0 Å². The Morgan fingerprint density at radius 2 is 1.46 bits per heavy atom. The van der Waals surface area contributed by atoms with Gasteiger partial charge in [-0.1, -0.05) is 55.7 Å². The normalized spacial score (nSPS) is 19.6. The number of piperazine rings is 2. The Bertz CT molecular complexity index is 1070. The fraction of sp³-hybridized carbons (Fsp3) is 0.515. The molecule has 1 saturated carbocycles. The topological polar surface area (TPSA) is 56.3 Å². The molecule has 3 aliphatic rings. The smallest absolute Gasteiger partial charge is 0.236 e. The van der Waals surface area contributed by atoms with E-state index in [1.807, 2.05) is 18.9 Å². The lowest BCUT2D eigenvalue weighted by molar-refractivity contribution is -0.135. The number of ether oxygens (including phenoxy) is 1. The van der Waals surface area contributed by atoms with E-state index in [1.165, 1.54) is 44.2 Å². The molecule has 5 rings (SSSR count). The SMILES string of the molecule is C=O.O=C(CN1CCN(C/C=C/c2ccc(OCc3ccc(F)cc3)cc2)CC1)N1CCN(C2CCCCC2)CC1. The third-order valence-electron chi connectivity index (χ3n) is 8.45. The summed E-state index contributed by atoms with van der Waals surface area (Å²) in [5.41, 5.74) is 2.08. The van der Waals surface area contributed by atoms with E-state index >= 15 is 0 Å². The number of halogens is 1. The monoisotopic (exact) mass is 564 g/mol. The van der Waals surface area contributed by atoms with Crippen molar-refractivity contribution in [3.63, 3.8) is 0 Å². The van der Waals surface area contributed by atoms with E-state index in [0.29, 0.717) is 19.1 Å². The molecule has 1 amide bonds. The van der Waals surface area contributed by atoms with Gasteiger partial charge in [-0.05, 0) is 48.2 Å². The Morgan fingerprint density at radius 3 is 2.12 bits per heavy atom. The molecule has 0 atom stereocenters. The minimum absolute atomic E-state index is 0.235. The summed E-state index contributed by atoms with van der Waals surface area (Å²) in [6.45, 7) is 11.6. The number of hydrogen-bond donors (Lipinski definition) is 0. The highest BCUT2D eigenvalue weighted by Gasteiger charge is 2.28. The van der Waals surface area contributed by atoms with Crippen LogP contribution >= 0.6 is 0 Å². The second-order valence-electron chi connectivity index (χ2n) is 11.2. The van der Waals surface area contributed by atoms with Crippen LogP contribution in [0.3, 0.4) is 0 Å². The van der Waals surface area contributed by atoms with Crippen LogP contribution in [0.4, 0.5) is 4.39 Å². The molecule has 2 heterocycles. The van der Waals surface area contributed by atoms with E-state index < -0.39 is 0 Å². The van der Waals surface area contributed by atoms with Crippen LogP contribution in [0.1, 0.15) is 43.2 Å². The maximum Gasteiger partial charge on any atom is 0.236 e. The second kappa shape index (κ2) is 16.4. The maximum absolute atomic E-state index is 13.0. The number of benzene rings is 2. The van der Waals surface area contributed by atoms with Crippen LogP contribution in [0.25, 0.3) is 6.08 Å². The van der Waals surface area contributed by atoms with Gasteiger partial charge in [-0.25, -0.2) is 4.39 Å². The minimum atomic E-state index is -0.235. The Morgan fingerprint density at radius 1 is 0.829 bits per heavy atom. The molecule has 2 saturated heterocycles. The zero-order valence-electron chi connectivity index (χ0n) is 24.3. The molecule has 0 spiro atoms. The average molecular weight is 565 g/mol. The van der Waals surface area contributed by atoms with Crippen LogP contribution in [0, 0.1) is 5.82 Å². The molecular formula is C33H45FN4O3. The second-order valence-corrected chi connectivity index (χ2v) is 11.2. The summed E-state index contributed by atoms with van der Waals surface area (Å²) in [7, 11) is 0. The van der Waals surface area contributed by atoms with Gasteiger partial charge in [0.15, 0.2) is 0 Å².